The van der Waals surface area contributed by atoms with Crippen molar-refractivity contribution in [3.8, 4) is 0 Å². The monoisotopic (exact) mass is 175 g/mol. The van der Waals surface area contributed by atoms with Gasteiger partial charge in [-0.3, -0.25) is 0 Å². The molecule has 0 aliphatic heterocycles. The Kier molecular flexibility index (Phi) is 7.22. The van der Waals surface area contributed by atoms with Gasteiger partial charge in [-0.1, -0.05) is 0 Å². The van der Waals surface area contributed by atoms with Crippen LogP contribution in [0.2, 0.25) is 6.04 Å². The van der Waals surface area contributed by atoms with E-state index in [1.54, 1.807) is 23.3 Å². The van der Waals surface area contributed by atoms with Crippen LogP contribution in [0.1, 0.15) is 19.8 Å². The molecule has 0 N–H and O–H groups in total. The summed E-state index contributed by atoms with van der Waals surface area (Å²) in [5.41, 5.74) is 0. The van der Waals surface area contributed by atoms with Crippen LogP contribution >= 0.6 is 0 Å². The summed E-state index contributed by atoms with van der Waals surface area (Å²) in [6.45, 7) is 2.25. The molecule has 0 bridgehead atoms. The van der Waals surface area contributed by atoms with Crippen LogP contribution in [0.4, 0.5) is 0 Å². The molecule has 0 saturated carbocycles. The minimum atomic E-state index is 1.25. The van der Waals surface area contributed by atoms with Crippen LogP contribution in [0.3, 0.4) is 0 Å². The Hall–Kier alpha value is 1.10. The molecule has 0 saturated heterocycles. The molecule has 0 aromatic carbocycles. The topological polar surface area (TPSA) is 0 Å². The predicted octanol–water partition coefficient (Wildman–Crippen LogP) is 1.37. The van der Waals surface area contributed by atoms with Crippen molar-refractivity contribution >= 4 is 6.16 Å². The van der Waals surface area contributed by atoms with Crippen LogP contribution in [0.25, 0.3) is 0 Å². The van der Waals surface area contributed by atoms with Crippen molar-refractivity contribution in [2.24, 2.45) is 0 Å². The Morgan fingerprint density at radius 2 is 2.33 bits per heavy atom. The summed E-state index contributed by atoms with van der Waals surface area (Å²) >= 11 is 1.72. The van der Waals surface area contributed by atoms with Gasteiger partial charge in [0.1, 0.15) is 0 Å². The summed E-state index contributed by atoms with van der Waals surface area (Å²) in [6.07, 6.45) is 4.08. The zero-order chi connectivity index (χ0) is 4.83. The van der Waals surface area contributed by atoms with E-state index in [1.807, 2.05) is 0 Å². The van der Waals surface area contributed by atoms with Crippen LogP contribution in [-0.2, 0) is 23.3 Å². The molecule has 0 rings (SSSR count). The van der Waals surface area contributed by atoms with E-state index in [0.717, 1.165) is 0 Å². The molecule has 6 heavy (non-hydrogen) atoms. The fourth-order valence-electron chi connectivity index (χ4n) is 0.265. The Morgan fingerprint density at radius 3 is 2.50 bits per heavy atom. The number of hydrogen-bond donors (Lipinski definition) is 0. The van der Waals surface area contributed by atoms with Gasteiger partial charge in [0.05, 0.1) is 0 Å². The van der Waals surface area contributed by atoms with Gasteiger partial charge < -0.3 is 0 Å². The first-order valence-electron chi connectivity index (χ1n) is 2.31. The molecule has 0 aliphatic carbocycles. The van der Waals surface area contributed by atoms with Gasteiger partial charge in [-0.05, 0) is 0 Å². The molecule has 0 amide bonds. The average molecular weight is 176 g/mol. The summed E-state index contributed by atoms with van der Waals surface area (Å²) in [5, 5.41) is 0. The minimum absolute atomic E-state index is 1.25. The molecule has 2 heteroatoms. The van der Waals surface area contributed by atoms with E-state index in [9.17, 15) is 0 Å². The van der Waals surface area contributed by atoms with E-state index < -0.39 is 0 Å². The maximum absolute atomic E-state index is 2.25. The quantitative estimate of drug-likeness (QED) is 0.450. The van der Waals surface area contributed by atoms with Crippen molar-refractivity contribution in [3.05, 3.63) is 0 Å². The SMILES string of the molecule is CCCC[Si]=[Zr+2]. The molecule has 0 fully saturated rings. The van der Waals surface area contributed by atoms with Crippen molar-refractivity contribution in [2.45, 2.75) is 25.8 Å². The fraction of sp³-hybridized carbons (Fsp3) is 1.00. The molecular formula is C4H9SiZr+2. The van der Waals surface area contributed by atoms with Crippen LogP contribution in [0.5, 0.6) is 0 Å². The van der Waals surface area contributed by atoms with E-state index in [-0.39, 0.29) is 0 Å². The molecule has 0 atom stereocenters. The summed E-state index contributed by atoms with van der Waals surface area (Å²) in [4.78, 5) is 0. The first kappa shape index (κ1) is 7.10. The van der Waals surface area contributed by atoms with Crippen LogP contribution < -0.4 is 0 Å². The predicted molar refractivity (Wildman–Crippen MR) is 25.5 cm³/mol. The number of rotatable bonds is 3. The molecule has 0 heterocycles. The van der Waals surface area contributed by atoms with Gasteiger partial charge in [0.25, 0.3) is 0 Å². The third-order valence-corrected chi connectivity index (χ3v) is 3.10. The first-order valence-corrected chi connectivity index (χ1v) is 7.20. The third kappa shape index (κ3) is 5.10. The normalized spacial score (nSPS) is 8.50. The van der Waals surface area contributed by atoms with E-state index in [4.69, 9.17) is 0 Å². The van der Waals surface area contributed by atoms with E-state index in [1.165, 1.54) is 25.0 Å². The van der Waals surface area contributed by atoms with Gasteiger partial charge in [0.15, 0.2) is 0 Å². The van der Waals surface area contributed by atoms with Crippen molar-refractivity contribution < 1.29 is 23.3 Å². The fourth-order valence-corrected chi connectivity index (χ4v) is 2.10. The van der Waals surface area contributed by atoms with E-state index in [0.29, 0.717) is 0 Å². The zero-order valence-electron chi connectivity index (χ0n) is 4.12. The summed E-state index contributed by atoms with van der Waals surface area (Å²) in [6, 6.07) is 1.48. The van der Waals surface area contributed by atoms with Crippen LogP contribution in [0.15, 0.2) is 0 Å². The summed E-state index contributed by atoms with van der Waals surface area (Å²) < 4.78 is 0. The second kappa shape index (κ2) is 6.10. The van der Waals surface area contributed by atoms with E-state index in [2.05, 4.69) is 6.92 Å². The molecule has 0 aromatic rings. The molecule has 1 radical (unpaired) electrons. The Bertz CT molecular complexity index is 36.5. The third-order valence-electron chi connectivity index (χ3n) is 0.655. The molecular weight excluding hydrogens is 167 g/mol. The van der Waals surface area contributed by atoms with Crippen molar-refractivity contribution in [2.75, 3.05) is 0 Å². The van der Waals surface area contributed by atoms with Gasteiger partial charge >= 0.3 is 55.3 Å². The van der Waals surface area contributed by atoms with Crippen LogP contribution in [0, 0.1) is 0 Å². The van der Waals surface area contributed by atoms with Crippen LogP contribution in [-0.4, -0.2) is 6.16 Å². The molecule has 0 aliphatic rings. The Balaban J connectivity index is 2.49. The number of hydrogen-bond acceptors (Lipinski definition) is 0. The van der Waals surface area contributed by atoms with Gasteiger partial charge in [0.2, 0.25) is 0 Å². The second-order valence-electron chi connectivity index (χ2n) is 1.28. The molecule has 0 nitrogen and oxygen atoms in total. The molecule has 31 valence electrons. The summed E-state index contributed by atoms with van der Waals surface area (Å²) in [5.74, 6) is 0. The van der Waals surface area contributed by atoms with Gasteiger partial charge in [0, 0.05) is 0 Å². The van der Waals surface area contributed by atoms with Gasteiger partial charge in [-0.15, -0.1) is 0 Å². The Labute approximate surface area is 55.3 Å². The molecule has 0 spiro atoms. The van der Waals surface area contributed by atoms with Crippen molar-refractivity contribution in [1.29, 1.82) is 0 Å². The van der Waals surface area contributed by atoms with Crippen molar-refractivity contribution in [3.63, 3.8) is 0 Å². The second-order valence-corrected chi connectivity index (χ2v) is 4.74. The average Bonchev–Trinajstić information content (AvgIpc) is 1.61. The van der Waals surface area contributed by atoms with Gasteiger partial charge in [-0.2, -0.15) is 0 Å². The van der Waals surface area contributed by atoms with Crippen molar-refractivity contribution in [1.82, 2.24) is 0 Å². The maximum atomic E-state index is 2.25. The summed E-state index contributed by atoms with van der Waals surface area (Å²) in [7, 11) is 0. The first-order chi connectivity index (χ1) is 2.91. The Morgan fingerprint density at radius 1 is 1.67 bits per heavy atom. The molecule has 0 aromatic heterocycles. The number of unbranched alkanes of at least 4 members (excludes halogenated alkanes) is 1. The molecule has 0 unspecified atom stereocenters. The standard InChI is InChI=1S/C4H9Si.Zr/c1-2-3-4-5;/h2-4H2,1H3;/q;+2. The van der Waals surface area contributed by atoms with E-state index >= 15 is 0 Å². The van der Waals surface area contributed by atoms with Gasteiger partial charge in [-0.25, -0.2) is 0 Å². The zero-order valence-corrected chi connectivity index (χ0v) is 7.58.